The lowest BCUT2D eigenvalue weighted by atomic mass is 9.88. The molecular weight excluding hydrogens is 242 g/mol. The van der Waals surface area contributed by atoms with Crippen LogP contribution < -0.4 is 5.32 Å². The molecule has 0 spiro atoms. The van der Waals surface area contributed by atoms with Crippen LogP contribution in [-0.2, 0) is 12.8 Å². The third-order valence-corrected chi connectivity index (χ3v) is 4.35. The van der Waals surface area contributed by atoms with Gasteiger partial charge in [0.2, 0.25) is 0 Å². The molecule has 0 atom stereocenters. The van der Waals surface area contributed by atoms with Gasteiger partial charge < -0.3 is 10.2 Å². The standard InChI is InChI=1S/C14H25N3S/c1-4-12-10-18-13(16-12)9-14(2,3)11-17-7-5-15-6-8-17/h10,15H,4-9,11H2,1-3H3. The van der Waals surface area contributed by atoms with Crippen molar-refractivity contribution in [2.24, 2.45) is 5.41 Å². The number of nitrogens with one attached hydrogen (secondary N) is 1. The molecule has 102 valence electrons. The van der Waals surface area contributed by atoms with Crippen LogP contribution in [0.15, 0.2) is 5.38 Å². The van der Waals surface area contributed by atoms with Crippen molar-refractivity contribution in [2.45, 2.75) is 33.6 Å². The zero-order valence-electron chi connectivity index (χ0n) is 11.8. The van der Waals surface area contributed by atoms with Crippen LogP contribution in [0.2, 0.25) is 0 Å². The summed E-state index contributed by atoms with van der Waals surface area (Å²) in [6.07, 6.45) is 2.15. The molecule has 1 saturated heterocycles. The first-order valence-electron chi connectivity index (χ1n) is 6.95. The van der Waals surface area contributed by atoms with Gasteiger partial charge in [0.15, 0.2) is 0 Å². The second-order valence-electron chi connectivity index (χ2n) is 5.95. The highest BCUT2D eigenvalue weighted by molar-refractivity contribution is 7.09. The van der Waals surface area contributed by atoms with Gasteiger partial charge in [-0.25, -0.2) is 4.98 Å². The van der Waals surface area contributed by atoms with Gasteiger partial charge in [-0.3, -0.25) is 0 Å². The summed E-state index contributed by atoms with van der Waals surface area (Å²) in [5.74, 6) is 0. The van der Waals surface area contributed by atoms with Crippen molar-refractivity contribution in [2.75, 3.05) is 32.7 Å². The molecule has 1 aromatic heterocycles. The Hall–Kier alpha value is -0.450. The predicted molar refractivity (Wildman–Crippen MR) is 78.3 cm³/mol. The molecule has 0 aromatic carbocycles. The average Bonchev–Trinajstić information content (AvgIpc) is 2.76. The Balaban J connectivity index is 1.89. The smallest absolute Gasteiger partial charge is 0.0934 e. The first-order valence-corrected chi connectivity index (χ1v) is 7.83. The molecule has 0 amide bonds. The molecule has 2 heterocycles. The fraction of sp³-hybridized carbons (Fsp3) is 0.786. The number of hydrogen-bond donors (Lipinski definition) is 1. The van der Waals surface area contributed by atoms with Crippen LogP contribution in [0.4, 0.5) is 0 Å². The van der Waals surface area contributed by atoms with Gasteiger partial charge in [-0.2, -0.15) is 0 Å². The van der Waals surface area contributed by atoms with Crippen molar-refractivity contribution in [3.63, 3.8) is 0 Å². The molecule has 1 fully saturated rings. The molecule has 0 radical (unpaired) electrons. The van der Waals surface area contributed by atoms with E-state index >= 15 is 0 Å². The minimum absolute atomic E-state index is 0.320. The summed E-state index contributed by atoms with van der Waals surface area (Å²) in [6.45, 7) is 12.7. The van der Waals surface area contributed by atoms with E-state index in [0.717, 1.165) is 25.9 Å². The van der Waals surface area contributed by atoms with Gasteiger partial charge in [-0.15, -0.1) is 11.3 Å². The molecule has 3 nitrogen and oxygen atoms in total. The van der Waals surface area contributed by atoms with Gasteiger partial charge in [-0.05, 0) is 11.8 Å². The lowest BCUT2D eigenvalue weighted by Gasteiger charge is -2.34. The highest BCUT2D eigenvalue weighted by Crippen LogP contribution is 2.25. The van der Waals surface area contributed by atoms with E-state index in [1.54, 1.807) is 0 Å². The molecule has 1 aromatic rings. The fourth-order valence-corrected chi connectivity index (χ4v) is 3.67. The van der Waals surface area contributed by atoms with E-state index in [4.69, 9.17) is 4.98 Å². The van der Waals surface area contributed by atoms with Crippen LogP contribution in [-0.4, -0.2) is 42.6 Å². The third kappa shape index (κ3) is 4.04. The maximum absolute atomic E-state index is 4.69. The molecule has 1 N–H and O–H groups in total. The molecule has 18 heavy (non-hydrogen) atoms. The van der Waals surface area contributed by atoms with Gasteiger partial charge in [0.25, 0.3) is 0 Å². The summed E-state index contributed by atoms with van der Waals surface area (Å²) in [5, 5.41) is 6.91. The van der Waals surface area contributed by atoms with Crippen molar-refractivity contribution in [3.8, 4) is 0 Å². The van der Waals surface area contributed by atoms with E-state index in [0.29, 0.717) is 5.41 Å². The number of nitrogens with zero attached hydrogens (tertiary/aromatic N) is 2. The number of thiazole rings is 1. The van der Waals surface area contributed by atoms with E-state index < -0.39 is 0 Å². The zero-order chi connectivity index (χ0) is 13.0. The topological polar surface area (TPSA) is 28.2 Å². The summed E-state index contributed by atoms with van der Waals surface area (Å²) in [7, 11) is 0. The fourth-order valence-electron chi connectivity index (χ4n) is 2.53. The van der Waals surface area contributed by atoms with Crippen LogP contribution in [0.25, 0.3) is 0 Å². The van der Waals surface area contributed by atoms with E-state index in [1.165, 1.54) is 30.3 Å². The second kappa shape index (κ2) is 6.13. The number of aromatic nitrogens is 1. The maximum Gasteiger partial charge on any atom is 0.0934 e. The Bertz CT molecular complexity index is 367. The van der Waals surface area contributed by atoms with Crippen molar-refractivity contribution in [1.82, 2.24) is 15.2 Å². The summed E-state index contributed by atoms with van der Waals surface area (Å²) in [4.78, 5) is 7.27. The highest BCUT2D eigenvalue weighted by atomic mass is 32.1. The van der Waals surface area contributed by atoms with E-state index in [9.17, 15) is 0 Å². The third-order valence-electron chi connectivity index (χ3n) is 3.45. The van der Waals surface area contributed by atoms with E-state index in [-0.39, 0.29) is 0 Å². The van der Waals surface area contributed by atoms with Crippen LogP contribution in [0.1, 0.15) is 31.5 Å². The average molecular weight is 267 g/mol. The SMILES string of the molecule is CCc1csc(CC(C)(C)CN2CCNCC2)n1. The van der Waals surface area contributed by atoms with Crippen LogP contribution in [0.3, 0.4) is 0 Å². The highest BCUT2D eigenvalue weighted by Gasteiger charge is 2.24. The van der Waals surface area contributed by atoms with Gasteiger partial charge in [0, 0.05) is 44.5 Å². The zero-order valence-corrected chi connectivity index (χ0v) is 12.6. The van der Waals surface area contributed by atoms with E-state index in [2.05, 4.69) is 36.4 Å². The molecule has 0 aliphatic carbocycles. The monoisotopic (exact) mass is 267 g/mol. The Morgan fingerprint density at radius 2 is 2.11 bits per heavy atom. The lowest BCUT2D eigenvalue weighted by Crippen LogP contribution is -2.47. The summed E-state index contributed by atoms with van der Waals surface area (Å²) < 4.78 is 0. The summed E-state index contributed by atoms with van der Waals surface area (Å²) >= 11 is 1.82. The van der Waals surface area contributed by atoms with Gasteiger partial charge in [0.05, 0.1) is 10.7 Å². The van der Waals surface area contributed by atoms with E-state index in [1.807, 2.05) is 11.3 Å². The van der Waals surface area contributed by atoms with Crippen molar-refractivity contribution in [3.05, 3.63) is 16.1 Å². The predicted octanol–water partition coefficient (Wildman–Crippen LogP) is 2.18. The Kier molecular flexibility index (Phi) is 4.76. The summed E-state index contributed by atoms with van der Waals surface area (Å²) in [6, 6.07) is 0. The van der Waals surface area contributed by atoms with Crippen LogP contribution in [0, 0.1) is 5.41 Å². The normalized spacial score (nSPS) is 18.2. The number of rotatable bonds is 5. The Morgan fingerprint density at radius 1 is 1.39 bits per heavy atom. The number of piperazine rings is 1. The van der Waals surface area contributed by atoms with Crippen molar-refractivity contribution in [1.29, 1.82) is 0 Å². The van der Waals surface area contributed by atoms with Gasteiger partial charge >= 0.3 is 0 Å². The minimum atomic E-state index is 0.320. The quantitative estimate of drug-likeness (QED) is 0.886. The largest absolute Gasteiger partial charge is 0.314 e. The van der Waals surface area contributed by atoms with Gasteiger partial charge in [0.1, 0.15) is 0 Å². The lowest BCUT2D eigenvalue weighted by molar-refractivity contribution is 0.160. The number of aryl methyl sites for hydroxylation is 1. The van der Waals surface area contributed by atoms with Crippen molar-refractivity contribution < 1.29 is 0 Å². The van der Waals surface area contributed by atoms with Crippen LogP contribution >= 0.6 is 11.3 Å². The first kappa shape index (κ1) is 14.0. The molecule has 2 rings (SSSR count). The van der Waals surface area contributed by atoms with Crippen molar-refractivity contribution >= 4 is 11.3 Å². The molecule has 1 aliphatic heterocycles. The Morgan fingerprint density at radius 3 is 2.72 bits per heavy atom. The molecule has 1 aliphatic rings. The van der Waals surface area contributed by atoms with Crippen LogP contribution in [0.5, 0.6) is 0 Å². The molecule has 0 unspecified atom stereocenters. The van der Waals surface area contributed by atoms with Gasteiger partial charge in [-0.1, -0.05) is 20.8 Å². The minimum Gasteiger partial charge on any atom is -0.314 e. The summed E-state index contributed by atoms with van der Waals surface area (Å²) in [5.41, 5.74) is 1.56. The Labute approximate surface area is 115 Å². The molecule has 0 bridgehead atoms. The number of hydrogen-bond acceptors (Lipinski definition) is 4. The maximum atomic E-state index is 4.69. The molecular formula is C14H25N3S. The first-order chi connectivity index (χ1) is 8.59. The second-order valence-corrected chi connectivity index (χ2v) is 6.90. The molecule has 4 heteroatoms. The molecule has 0 saturated carbocycles.